The number of aryl methyl sites for hydroxylation is 1. The summed E-state index contributed by atoms with van der Waals surface area (Å²) in [6.07, 6.45) is 2.84. The van der Waals surface area contributed by atoms with Gasteiger partial charge < -0.3 is 4.57 Å². The van der Waals surface area contributed by atoms with Gasteiger partial charge in [-0.05, 0) is 13.3 Å². The molecule has 0 atom stereocenters. The topological polar surface area (TPSA) is 43.6 Å². The van der Waals surface area contributed by atoms with E-state index in [1.807, 2.05) is 4.57 Å². The molecule has 0 aliphatic carbocycles. The lowest BCUT2D eigenvalue weighted by atomic mass is 10.5. The molecule has 0 bridgehead atoms. The van der Waals surface area contributed by atoms with E-state index >= 15 is 0 Å². The Morgan fingerprint density at radius 1 is 1.38 bits per heavy atom. The Kier molecular flexibility index (Phi) is 3.66. The summed E-state index contributed by atoms with van der Waals surface area (Å²) >= 11 is 7.70. The lowest BCUT2D eigenvalue weighted by Crippen LogP contribution is -1.96. The van der Waals surface area contributed by atoms with Crippen molar-refractivity contribution in [3.63, 3.8) is 0 Å². The van der Waals surface area contributed by atoms with Crippen molar-refractivity contribution in [1.82, 2.24) is 19.5 Å². The van der Waals surface area contributed by atoms with E-state index in [2.05, 4.69) is 28.8 Å². The van der Waals surface area contributed by atoms with Crippen LogP contribution in [0.5, 0.6) is 0 Å². The molecule has 0 aromatic carbocycles. The van der Waals surface area contributed by atoms with E-state index in [1.165, 1.54) is 0 Å². The maximum atomic E-state index is 6.07. The predicted molar refractivity (Wildman–Crippen MR) is 67.0 cm³/mol. The van der Waals surface area contributed by atoms with Crippen LogP contribution in [0.25, 0.3) is 11.2 Å². The fourth-order valence-electron chi connectivity index (χ4n) is 1.38. The van der Waals surface area contributed by atoms with Crippen LogP contribution in [0.4, 0.5) is 0 Å². The Labute approximate surface area is 103 Å². The van der Waals surface area contributed by atoms with Crippen molar-refractivity contribution in [2.24, 2.45) is 0 Å². The van der Waals surface area contributed by atoms with Crippen molar-refractivity contribution in [1.29, 1.82) is 0 Å². The van der Waals surface area contributed by atoms with E-state index < -0.39 is 0 Å². The highest BCUT2D eigenvalue weighted by Crippen LogP contribution is 2.23. The zero-order chi connectivity index (χ0) is 11.5. The molecule has 0 amide bonds. The monoisotopic (exact) mass is 256 g/mol. The molecule has 4 nitrogen and oxygen atoms in total. The zero-order valence-corrected chi connectivity index (χ0v) is 10.8. The summed E-state index contributed by atoms with van der Waals surface area (Å²) in [5.41, 5.74) is 1.51. The smallest absolute Gasteiger partial charge is 0.191 e. The quantitative estimate of drug-likeness (QED) is 0.479. The zero-order valence-electron chi connectivity index (χ0n) is 9.27. The van der Waals surface area contributed by atoms with Crippen LogP contribution in [0.3, 0.4) is 0 Å². The van der Waals surface area contributed by atoms with Crippen LogP contribution < -0.4 is 0 Å². The van der Waals surface area contributed by atoms with Crippen LogP contribution in [0.1, 0.15) is 20.3 Å². The van der Waals surface area contributed by atoms with Crippen molar-refractivity contribution >= 4 is 34.5 Å². The molecule has 0 radical (unpaired) electrons. The minimum absolute atomic E-state index is 0.441. The largest absolute Gasteiger partial charge is 0.315 e. The lowest BCUT2D eigenvalue weighted by molar-refractivity contribution is 0.770. The molecule has 16 heavy (non-hydrogen) atoms. The molecule has 2 rings (SSSR count). The second-order valence-electron chi connectivity index (χ2n) is 3.35. The first kappa shape index (κ1) is 11.7. The third kappa shape index (κ3) is 2.15. The Balaban J connectivity index is 2.46. The normalized spacial score (nSPS) is 11.2. The fourth-order valence-corrected chi connectivity index (χ4v) is 2.34. The van der Waals surface area contributed by atoms with Gasteiger partial charge in [0.2, 0.25) is 0 Å². The Bertz CT molecular complexity index is 497. The Morgan fingerprint density at radius 2 is 2.19 bits per heavy atom. The van der Waals surface area contributed by atoms with Crippen LogP contribution in [-0.2, 0) is 6.54 Å². The van der Waals surface area contributed by atoms with Gasteiger partial charge in [0.05, 0.1) is 6.33 Å². The number of nitrogens with zero attached hydrogens (tertiary/aromatic N) is 4. The van der Waals surface area contributed by atoms with Crippen molar-refractivity contribution in [2.45, 2.75) is 32.0 Å². The number of thioether (sulfide) groups is 1. The lowest BCUT2D eigenvalue weighted by Gasteiger charge is -2.02. The molecule has 0 saturated heterocycles. The van der Waals surface area contributed by atoms with Gasteiger partial charge >= 0.3 is 0 Å². The van der Waals surface area contributed by atoms with Crippen LogP contribution in [-0.4, -0.2) is 25.3 Å². The van der Waals surface area contributed by atoms with Gasteiger partial charge in [-0.25, -0.2) is 15.0 Å². The van der Waals surface area contributed by atoms with Gasteiger partial charge in [-0.1, -0.05) is 30.3 Å². The molecule has 2 aromatic rings. The average Bonchev–Trinajstić information content (AvgIpc) is 2.69. The van der Waals surface area contributed by atoms with Crippen molar-refractivity contribution in [3.8, 4) is 0 Å². The SMILES string of the molecule is CCCSc1nc(Cl)c2ncn(CC)c2n1. The summed E-state index contributed by atoms with van der Waals surface area (Å²) in [5, 5.41) is 1.17. The van der Waals surface area contributed by atoms with E-state index in [0.717, 1.165) is 29.5 Å². The predicted octanol–water partition coefficient (Wildman–Crippen LogP) is 3.00. The molecule has 0 aliphatic heterocycles. The van der Waals surface area contributed by atoms with Crippen molar-refractivity contribution in [2.75, 3.05) is 5.75 Å². The van der Waals surface area contributed by atoms with E-state index in [0.29, 0.717) is 10.7 Å². The first-order valence-electron chi connectivity index (χ1n) is 5.27. The van der Waals surface area contributed by atoms with Gasteiger partial charge in [0, 0.05) is 12.3 Å². The minimum atomic E-state index is 0.441. The van der Waals surface area contributed by atoms with Gasteiger partial charge in [-0.3, -0.25) is 0 Å². The second kappa shape index (κ2) is 5.01. The number of fused-ring (bicyclic) bond motifs is 1. The van der Waals surface area contributed by atoms with E-state index in [9.17, 15) is 0 Å². The molecule has 2 aromatic heterocycles. The van der Waals surface area contributed by atoms with Gasteiger partial charge in [-0.2, -0.15) is 0 Å². The highest BCUT2D eigenvalue weighted by Gasteiger charge is 2.10. The first-order valence-corrected chi connectivity index (χ1v) is 6.63. The first-order chi connectivity index (χ1) is 7.76. The highest BCUT2D eigenvalue weighted by atomic mass is 35.5. The van der Waals surface area contributed by atoms with Crippen molar-refractivity contribution in [3.05, 3.63) is 11.5 Å². The average molecular weight is 257 g/mol. The van der Waals surface area contributed by atoms with Crippen LogP contribution in [0.2, 0.25) is 5.15 Å². The molecule has 0 N–H and O–H groups in total. The standard InChI is InChI=1S/C10H13ClN4S/c1-3-5-16-10-13-8(11)7-9(14-10)15(4-2)6-12-7/h6H,3-5H2,1-2H3. The summed E-state index contributed by atoms with van der Waals surface area (Å²) in [4.78, 5) is 12.9. The number of hydrogen-bond acceptors (Lipinski definition) is 4. The van der Waals surface area contributed by atoms with Crippen LogP contribution >= 0.6 is 23.4 Å². The third-order valence-electron chi connectivity index (χ3n) is 2.18. The van der Waals surface area contributed by atoms with E-state index in [-0.39, 0.29) is 0 Å². The maximum Gasteiger partial charge on any atom is 0.191 e. The highest BCUT2D eigenvalue weighted by molar-refractivity contribution is 7.99. The summed E-state index contributed by atoms with van der Waals surface area (Å²) in [6.45, 7) is 5.02. The molecule has 6 heteroatoms. The molecule has 86 valence electrons. The van der Waals surface area contributed by atoms with Gasteiger partial charge in [0.1, 0.15) is 5.52 Å². The maximum absolute atomic E-state index is 6.07. The summed E-state index contributed by atoms with van der Waals surface area (Å²) in [6, 6.07) is 0. The van der Waals surface area contributed by atoms with E-state index in [4.69, 9.17) is 11.6 Å². The van der Waals surface area contributed by atoms with E-state index in [1.54, 1.807) is 18.1 Å². The second-order valence-corrected chi connectivity index (χ2v) is 4.77. The number of rotatable bonds is 4. The fraction of sp³-hybridized carbons (Fsp3) is 0.500. The molecule has 0 fully saturated rings. The summed E-state index contributed by atoms with van der Waals surface area (Å²) < 4.78 is 1.97. The minimum Gasteiger partial charge on any atom is -0.315 e. The van der Waals surface area contributed by atoms with Crippen LogP contribution in [0.15, 0.2) is 11.5 Å². The molecule has 0 unspecified atom stereocenters. The molecule has 0 aliphatic rings. The van der Waals surface area contributed by atoms with Crippen LogP contribution in [0, 0.1) is 0 Å². The number of hydrogen-bond donors (Lipinski definition) is 0. The van der Waals surface area contributed by atoms with Gasteiger partial charge in [-0.15, -0.1) is 0 Å². The van der Waals surface area contributed by atoms with Gasteiger partial charge in [0.15, 0.2) is 16.0 Å². The Hall–Kier alpha value is -0.810. The van der Waals surface area contributed by atoms with Crippen molar-refractivity contribution < 1.29 is 0 Å². The molecule has 2 heterocycles. The molecule has 0 saturated carbocycles. The van der Waals surface area contributed by atoms with Gasteiger partial charge in [0.25, 0.3) is 0 Å². The Morgan fingerprint density at radius 3 is 2.88 bits per heavy atom. The molecular formula is C10H13ClN4S. The summed E-state index contributed by atoms with van der Waals surface area (Å²) in [7, 11) is 0. The molecular weight excluding hydrogens is 244 g/mol. The number of halogens is 1. The number of imidazole rings is 1. The third-order valence-corrected chi connectivity index (χ3v) is 3.49. The molecule has 0 spiro atoms. The number of aromatic nitrogens is 4. The summed E-state index contributed by atoms with van der Waals surface area (Å²) in [5.74, 6) is 1.00.